The van der Waals surface area contributed by atoms with Gasteiger partial charge in [0.2, 0.25) is 5.91 Å². The summed E-state index contributed by atoms with van der Waals surface area (Å²) in [7, 11) is 0. The summed E-state index contributed by atoms with van der Waals surface area (Å²) in [5.74, 6) is -0.592. The topological polar surface area (TPSA) is 96.3 Å². The van der Waals surface area contributed by atoms with Gasteiger partial charge in [-0.1, -0.05) is 13.0 Å². The van der Waals surface area contributed by atoms with Gasteiger partial charge in [0, 0.05) is 13.0 Å². The number of ether oxygens (including phenoxy) is 1. The Kier molecular flexibility index (Phi) is 5.03. The molecular weight excluding hydrogens is 322 g/mol. The molecule has 0 spiro atoms. The maximum Gasteiger partial charge on any atom is 0.220 e. The highest BCUT2D eigenvalue weighted by Gasteiger charge is 2.23. The van der Waals surface area contributed by atoms with Crippen LogP contribution >= 0.6 is 0 Å². The van der Waals surface area contributed by atoms with Crippen LogP contribution in [0.2, 0.25) is 0 Å². The number of amides is 1. The number of nitrogens with one attached hydrogen (secondary N) is 1. The second kappa shape index (κ2) is 7.23. The molecule has 1 amide bonds. The van der Waals surface area contributed by atoms with E-state index in [1.54, 1.807) is 13.0 Å². The van der Waals surface area contributed by atoms with Gasteiger partial charge in [-0.15, -0.1) is 0 Å². The van der Waals surface area contributed by atoms with Crippen molar-refractivity contribution in [2.24, 2.45) is 0 Å². The summed E-state index contributed by atoms with van der Waals surface area (Å²) in [4.78, 5) is 27.4. The maximum absolute atomic E-state index is 11.8. The Morgan fingerprint density at radius 3 is 2.92 bits per heavy atom. The summed E-state index contributed by atoms with van der Waals surface area (Å²) in [6, 6.07) is 4.48. The van der Waals surface area contributed by atoms with E-state index in [-0.39, 0.29) is 23.6 Å². The van der Waals surface area contributed by atoms with Gasteiger partial charge in [0.15, 0.2) is 0 Å². The maximum atomic E-state index is 11.8. The lowest BCUT2D eigenvalue weighted by atomic mass is 10.2. The first-order valence-corrected chi connectivity index (χ1v) is 8.62. The van der Waals surface area contributed by atoms with Crippen molar-refractivity contribution in [3.63, 3.8) is 0 Å². The number of carbonyl (C=O) groups excluding carboxylic acids is 2. The van der Waals surface area contributed by atoms with E-state index in [9.17, 15) is 14.7 Å². The van der Waals surface area contributed by atoms with E-state index in [0.717, 1.165) is 25.0 Å². The van der Waals surface area contributed by atoms with Crippen LogP contribution in [0.15, 0.2) is 18.2 Å². The van der Waals surface area contributed by atoms with E-state index in [1.807, 2.05) is 11.5 Å². The molecule has 1 fully saturated rings. The van der Waals surface area contributed by atoms with E-state index in [1.165, 1.54) is 12.1 Å². The van der Waals surface area contributed by atoms with Crippen molar-refractivity contribution in [2.75, 3.05) is 6.61 Å². The molecule has 25 heavy (non-hydrogen) atoms. The first-order chi connectivity index (χ1) is 12.0. The Labute approximate surface area is 146 Å². The molecule has 1 saturated heterocycles. The van der Waals surface area contributed by atoms with Crippen molar-refractivity contribution in [1.82, 2.24) is 14.9 Å². The standard InChI is InChI=1S/C18H23N3O4/c1-3-16(22)19-11(2)17-20-14-9-12(18(23)24)6-7-15(14)21(17)10-13-5-4-8-25-13/h6-7,9,11,13H,3-5,8,10H2,1-2H3,(H,19,22)(H,23,24)/p-1/t11-,13+/m1/s1. The zero-order valence-corrected chi connectivity index (χ0v) is 14.4. The van der Waals surface area contributed by atoms with Gasteiger partial charge in [-0.25, -0.2) is 4.98 Å². The molecule has 0 unspecified atom stereocenters. The molecule has 2 aromatic rings. The van der Waals surface area contributed by atoms with Gasteiger partial charge in [-0.05, 0) is 37.5 Å². The number of carbonyl (C=O) groups is 2. The Hall–Kier alpha value is -2.41. The predicted molar refractivity (Wildman–Crippen MR) is 89.9 cm³/mol. The lowest BCUT2D eigenvalue weighted by Gasteiger charge is -2.18. The van der Waals surface area contributed by atoms with Crippen LogP contribution in [0.5, 0.6) is 0 Å². The summed E-state index contributed by atoms with van der Waals surface area (Å²) in [6.45, 7) is 5.05. The van der Waals surface area contributed by atoms with Gasteiger partial charge < -0.3 is 24.5 Å². The van der Waals surface area contributed by atoms with Crippen molar-refractivity contribution < 1.29 is 19.4 Å². The number of aromatic nitrogens is 2. The van der Waals surface area contributed by atoms with E-state index in [4.69, 9.17) is 4.74 Å². The molecule has 1 N–H and O–H groups in total. The molecule has 1 aliphatic heterocycles. The zero-order valence-electron chi connectivity index (χ0n) is 14.4. The monoisotopic (exact) mass is 344 g/mol. The summed E-state index contributed by atoms with van der Waals surface area (Å²) < 4.78 is 7.75. The van der Waals surface area contributed by atoms with Gasteiger partial charge in [-0.2, -0.15) is 0 Å². The largest absolute Gasteiger partial charge is 0.545 e. The van der Waals surface area contributed by atoms with Gasteiger partial charge in [0.25, 0.3) is 0 Å². The Balaban J connectivity index is 2.01. The number of benzene rings is 1. The van der Waals surface area contributed by atoms with E-state index in [0.29, 0.717) is 24.3 Å². The number of hydrogen-bond donors (Lipinski definition) is 1. The van der Waals surface area contributed by atoms with Crippen molar-refractivity contribution >= 4 is 22.9 Å². The van der Waals surface area contributed by atoms with Crippen LogP contribution in [0.3, 0.4) is 0 Å². The molecule has 0 radical (unpaired) electrons. The first-order valence-electron chi connectivity index (χ1n) is 8.62. The van der Waals surface area contributed by atoms with E-state index >= 15 is 0 Å². The van der Waals surface area contributed by atoms with E-state index in [2.05, 4.69) is 10.3 Å². The van der Waals surface area contributed by atoms with Crippen LogP contribution in [0.1, 0.15) is 55.3 Å². The number of rotatable bonds is 6. The molecule has 2 atom stereocenters. The molecule has 3 rings (SSSR count). The van der Waals surface area contributed by atoms with Crippen molar-refractivity contribution in [3.05, 3.63) is 29.6 Å². The van der Waals surface area contributed by atoms with Gasteiger partial charge in [-0.3, -0.25) is 4.79 Å². The molecule has 0 saturated carbocycles. The molecule has 134 valence electrons. The number of nitrogens with zero attached hydrogens (tertiary/aromatic N) is 2. The number of fused-ring (bicyclic) bond motifs is 1. The fourth-order valence-corrected chi connectivity index (χ4v) is 3.20. The van der Waals surface area contributed by atoms with Crippen molar-refractivity contribution in [2.45, 2.75) is 51.8 Å². The third-order valence-electron chi connectivity index (χ3n) is 4.51. The molecule has 7 nitrogen and oxygen atoms in total. The lowest BCUT2D eigenvalue weighted by molar-refractivity contribution is -0.255. The van der Waals surface area contributed by atoms with Crippen LogP contribution in [-0.4, -0.2) is 34.1 Å². The number of carboxylic acids is 1. The highest BCUT2D eigenvalue weighted by atomic mass is 16.5. The third kappa shape index (κ3) is 3.66. The molecule has 1 aliphatic rings. The predicted octanol–water partition coefficient (Wildman–Crippen LogP) is 1.17. The molecule has 1 aromatic carbocycles. The number of imidazole rings is 1. The van der Waals surface area contributed by atoms with Gasteiger partial charge in [0.1, 0.15) is 5.82 Å². The summed E-state index contributed by atoms with van der Waals surface area (Å²) in [5.41, 5.74) is 1.49. The van der Waals surface area contributed by atoms with Crippen LogP contribution in [-0.2, 0) is 16.1 Å². The molecular formula is C18H22N3O4-. The van der Waals surface area contributed by atoms with Crippen LogP contribution in [0.4, 0.5) is 0 Å². The number of aromatic carboxylic acids is 1. The molecule has 0 bridgehead atoms. The minimum absolute atomic E-state index is 0.0568. The fourth-order valence-electron chi connectivity index (χ4n) is 3.20. The summed E-state index contributed by atoms with van der Waals surface area (Å²) >= 11 is 0. The van der Waals surface area contributed by atoms with E-state index < -0.39 is 5.97 Å². The lowest BCUT2D eigenvalue weighted by Crippen LogP contribution is -2.29. The second-order valence-corrected chi connectivity index (χ2v) is 6.35. The fraction of sp³-hybridized carbons (Fsp3) is 0.500. The smallest absolute Gasteiger partial charge is 0.220 e. The third-order valence-corrected chi connectivity index (χ3v) is 4.51. The molecule has 7 heteroatoms. The molecule has 0 aliphatic carbocycles. The number of hydrogen-bond acceptors (Lipinski definition) is 5. The Bertz CT molecular complexity index is 793. The minimum atomic E-state index is -1.23. The normalized spacial score (nSPS) is 18.4. The van der Waals surface area contributed by atoms with Crippen LogP contribution in [0, 0.1) is 0 Å². The zero-order chi connectivity index (χ0) is 18.0. The molecule has 1 aromatic heterocycles. The van der Waals surface area contributed by atoms with Crippen molar-refractivity contribution in [1.29, 1.82) is 0 Å². The van der Waals surface area contributed by atoms with Gasteiger partial charge >= 0.3 is 0 Å². The Morgan fingerprint density at radius 2 is 2.28 bits per heavy atom. The molecule has 2 heterocycles. The SMILES string of the molecule is CCC(=O)N[C@H](C)c1nc2cc(C(=O)[O-])ccc2n1C[C@@H]1CCCO1. The quantitative estimate of drug-likeness (QED) is 0.848. The Morgan fingerprint density at radius 1 is 1.48 bits per heavy atom. The minimum Gasteiger partial charge on any atom is -0.545 e. The van der Waals surface area contributed by atoms with Crippen molar-refractivity contribution in [3.8, 4) is 0 Å². The summed E-state index contributed by atoms with van der Waals surface area (Å²) in [6.07, 6.45) is 2.51. The average Bonchev–Trinajstić information content (AvgIpc) is 3.22. The second-order valence-electron chi connectivity index (χ2n) is 6.35. The summed E-state index contributed by atoms with van der Waals surface area (Å²) in [5, 5.41) is 14.0. The highest BCUT2D eigenvalue weighted by molar-refractivity contribution is 5.91. The van der Waals surface area contributed by atoms with Crippen LogP contribution in [0.25, 0.3) is 11.0 Å². The van der Waals surface area contributed by atoms with Crippen LogP contribution < -0.4 is 10.4 Å². The first kappa shape index (κ1) is 17.4. The average molecular weight is 344 g/mol. The van der Waals surface area contributed by atoms with Gasteiger partial charge in [0.05, 0.1) is 35.7 Å². The highest BCUT2D eigenvalue weighted by Crippen LogP contribution is 2.25. The number of carboxylic acid groups (broad SMARTS) is 1.